The summed E-state index contributed by atoms with van der Waals surface area (Å²) in [7, 11) is 0. The van der Waals surface area contributed by atoms with Crippen molar-refractivity contribution in [3.05, 3.63) is 29.8 Å². The Morgan fingerprint density at radius 2 is 1.92 bits per heavy atom. The zero-order chi connectivity index (χ0) is 17.7. The van der Waals surface area contributed by atoms with Crippen LogP contribution in [0.2, 0.25) is 0 Å². The van der Waals surface area contributed by atoms with Crippen molar-refractivity contribution in [3.63, 3.8) is 0 Å². The lowest BCUT2D eigenvalue weighted by Gasteiger charge is -2.29. The first-order chi connectivity index (χ1) is 11.3. The molecule has 1 saturated heterocycles. The molecule has 0 radical (unpaired) electrons. The zero-order valence-electron chi connectivity index (χ0n) is 13.0. The molecule has 1 aromatic carbocycles. The first kappa shape index (κ1) is 18.1. The maximum Gasteiger partial charge on any atom is 0.416 e. The largest absolute Gasteiger partial charge is 0.416 e. The molecule has 0 unspecified atom stereocenters. The molecule has 1 heterocycles. The fourth-order valence-electron chi connectivity index (χ4n) is 2.26. The van der Waals surface area contributed by atoms with E-state index in [1.54, 1.807) is 4.90 Å². The molecule has 0 saturated carbocycles. The molecular weight excluding hydrogens is 327 g/mol. The Morgan fingerprint density at radius 3 is 2.54 bits per heavy atom. The third kappa shape index (κ3) is 4.85. The molecule has 1 aliphatic heterocycles. The number of nitrogens with one attached hydrogen (secondary N) is 2. The quantitative estimate of drug-likeness (QED) is 0.881. The van der Waals surface area contributed by atoms with E-state index in [2.05, 4.69) is 10.6 Å². The van der Waals surface area contributed by atoms with Crippen molar-refractivity contribution in [1.29, 1.82) is 0 Å². The number of nitrogens with zero attached hydrogens (tertiary/aromatic N) is 1. The number of halogens is 3. The van der Waals surface area contributed by atoms with Gasteiger partial charge in [0.05, 0.1) is 18.8 Å². The highest BCUT2D eigenvalue weighted by molar-refractivity contribution is 5.93. The van der Waals surface area contributed by atoms with Crippen molar-refractivity contribution in [3.8, 4) is 0 Å². The Hall–Kier alpha value is -2.29. The molecule has 1 aromatic rings. The highest BCUT2D eigenvalue weighted by Crippen LogP contribution is 2.30. The van der Waals surface area contributed by atoms with Crippen LogP contribution in [0, 0.1) is 0 Å². The summed E-state index contributed by atoms with van der Waals surface area (Å²) in [5.41, 5.74) is -0.869. The number of alkyl halides is 3. The van der Waals surface area contributed by atoms with E-state index in [9.17, 15) is 22.8 Å². The van der Waals surface area contributed by atoms with E-state index in [-0.39, 0.29) is 11.6 Å². The summed E-state index contributed by atoms with van der Waals surface area (Å²) in [6.45, 7) is 3.29. The second kappa shape index (κ2) is 7.52. The van der Waals surface area contributed by atoms with Crippen molar-refractivity contribution in [1.82, 2.24) is 10.2 Å². The SMILES string of the molecule is C[C@@H](NC(=O)Nc1cccc(C(F)(F)F)c1)C(=O)N1CCOCC1. The molecule has 0 bridgehead atoms. The van der Waals surface area contributed by atoms with Crippen molar-refractivity contribution in [2.24, 2.45) is 0 Å². The van der Waals surface area contributed by atoms with Crippen LogP contribution in [-0.4, -0.2) is 49.2 Å². The van der Waals surface area contributed by atoms with Crippen LogP contribution in [0.25, 0.3) is 0 Å². The molecule has 132 valence electrons. The zero-order valence-corrected chi connectivity index (χ0v) is 13.0. The summed E-state index contributed by atoms with van der Waals surface area (Å²) in [6.07, 6.45) is -4.49. The molecule has 1 fully saturated rings. The van der Waals surface area contributed by atoms with E-state index in [0.717, 1.165) is 12.1 Å². The number of ether oxygens (including phenoxy) is 1. The van der Waals surface area contributed by atoms with Crippen molar-refractivity contribution in [2.45, 2.75) is 19.1 Å². The van der Waals surface area contributed by atoms with Gasteiger partial charge in [-0.05, 0) is 25.1 Å². The first-order valence-corrected chi connectivity index (χ1v) is 7.38. The molecule has 0 spiro atoms. The van der Waals surface area contributed by atoms with Crippen LogP contribution in [0.5, 0.6) is 0 Å². The van der Waals surface area contributed by atoms with Gasteiger partial charge in [-0.1, -0.05) is 6.07 Å². The van der Waals surface area contributed by atoms with Gasteiger partial charge in [-0.25, -0.2) is 4.79 Å². The lowest BCUT2D eigenvalue weighted by atomic mass is 10.2. The predicted octanol–water partition coefficient (Wildman–Crippen LogP) is 2.07. The number of hydrogen-bond acceptors (Lipinski definition) is 3. The van der Waals surface area contributed by atoms with Crippen LogP contribution < -0.4 is 10.6 Å². The molecule has 24 heavy (non-hydrogen) atoms. The third-order valence-corrected chi connectivity index (χ3v) is 3.49. The monoisotopic (exact) mass is 345 g/mol. The maximum absolute atomic E-state index is 12.6. The average molecular weight is 345 g/mol. The summed E-state index contributed by atoms with van der Waals surface area (Å²) in [5.74, 6) is -0.266. The fraction of sp³-hybridized carbons (Fsp3) is 0.467. The van der Waals surface area contributed by atoms with Gasteiger partial charge in [0.2, 0.25) is 5.91 Å². The molecule has 9 heteroatoms. The van der Waals surface area contributed by atoms with Crippen LogP contribution in [0.3, 0.4) is 0 Å². The van der Waals surface area contributed by atoms with E-state index in [1.165, 1.54) is 19.1 Å². The summed E-state index contributed by atoms with van der Waals surface area (Å²) < 4.78 is 43.1. The minimum absolute atomic E-state index is 0.00616. The van der Waals surface area contributed by atoms with Gasteiger partial charge in [0.15, 0.2) is 0 Å². The average Bonchev–Trinajstić information content (AvgIpc) is 2.54. The van der Waals surface area contributed by atoms with Crippen LogP contribution in [-0.2, 0) is 15.7 Å². The standard InChI is InChI=1S/C15H18F3N3O3/c1-10(13(22)21-5-7-24-8-6-21)19-14(23)20-12-4-2-3-11(9-12)15(16,17)18/h2-4,9-10H,5-8H2,1H3,(H2,19,20,23)/t10-/m1/s1. The van der Waals surface area contributed by atoms with Crippen LogP contribution in [0.15, 0.2) is 24.3 Å². The van der Waals surface area contributed by atoms with Gasteiger partial charge < -0.3 is 20.3 Å². The Morgan fingerprint density at radius 1 is 1.25 bits per heavy atom. The summed E-state index contributed by atoms with van der Waals surface area (Å²) in [5, 5.41) is 4.72. The minimum Gasteiger partial charge on any atom is -0.378 e. The first-order valence-electron chi connectivity index (χ1n) is 7.38. The number of urea groups is 1. The molecule has 1 atom stereocenters. The Kier molecular flexibility index (Phi) is 5.66. The normalized spacial score (nSPS) is 16.4. The maximum atomic E-state index is 12.6. The van der Waals surface area contributed by atoms with Gasteiger partial charge in [0, 0.05) is 18.8 Å². The topological polar surface area (TPSA) is 70.7 Å². The van der Waals surface area contributed by atoms with Crippen molar-refractivity contribution >= 4 is 17.6 Å². The number of carbonyl (C=O) groups is 2. The molecule has 2 rings (SSSR count). The number of carbonyl (C=O) groups excluding carboxylic acids is 2. The van der Waals surface area contributed by atoms with Crippen LogP contribution in [0.1, 0.15) is 12.5 Å². The van der Waals surface area contributed by atoms with E-state index in [0.29, 0.717) is 26.3 Å². The highest BCUT2D eigenvalue weighted by atomic mass is 19.4. The predicted molar refractivity (Wildman–Crippen MR) is 80.5 cm³/mol. The van der Waals surface area contributed by atoms with Gasteiger partial charge in [-0.15, -0.1) is 0 Å². The summed E-state index contributed by atoms with van der Waals surface area (Å²) in [6, 6.07) is 2.73. The van der Waals surface area contributed by atoms with Gasteiger partial charge in [-0.3, -0.25) is 4.79 Å². The summed E-state index contributed by atoms with van der Waals surface area (Å²) in [4.78, 5) is 25.6. The Bertz CT molecular complexity index is 601. The molecule has 0 aliphatic carbocycles. The number of benzene rings is 1. The van der Waals surface area contributed by atoms with Gasteiger partial charge >= 0.3 is 12.2 Å². The lowest BCUT2D eigenvalue weighted by Crippen LogP contribution is -2.51. The molecule has 2 N–H and O–H groups in total. The Balaban J connectivity index is 1.91. The highest BCUT2D eigenvalue weighted by Gasteiger charge is 2.30. The van der Waals surface area contributed by atoms with Crippen molar-refractivity contribution < 1.29 is 27.5 Å². The lowest BCUT2D eigenvalue weighted by molar-refractivity contribution is -0.137. The van der Waals surface area contributed by atoms with Gasteiger partial charge in [0.1, 0.15) is 6.04 Å². The van der Waals surface area contributed by atoms with E-state index < -0.39 is 23.8 Å². The minimum atomic E-state index is -4.49. The molecular formula is C15H18F3N3O3. The van der Waals surface area contributed by atoms with Crippen LogP contribution in [0.4, 0.5) is 23.7 Å². The Labute approximate surface area is 137 Å². The third-order valence-electron chi connectivity index (χ3n) is 3.49. The number of amides is 3. The molecule has 0 aromatic heterocycles. The van der Waals surface area contributed by atoms with Gasteiger partial charge in [0.25, 0.3) is 0 Å². The number of rotatable bonds is 3. The second-order valence-corrected chi connectivity index (χ2v) is 5.34. The van der Waals surface area contributed by atoms with Gasteiger partial charge in [-0.2, -0.15) is 13.2 Å². The van der Waals surface area contributed by atoms with Crippen LogP contribution >= 0.6 is 0 Å². The number of morpholine rings is 1. The van der Waals surface area contributed by atoms with E-state index in [4.69, 9.17) is 4.74 Å². The fourth-order valence-corrected chi connectivity index (χ4v) is 2.26. The molecule has 3 amide bonds. The van der Waals surface area contributed by atoms with Crippen molar-refractivity contribution in [2.75, 3.05) is 31.6 Å². The molecule has 6 nitrogen and oxygen atoms in total. The summed E-state index contributed by atoms with van der Waals surface area (Å²) >= 11 is 0. The molecule has 1 aliphatic rings. The number of hydrogen-bond donors (Lipinski definition) is 2. The smallest absolute Gasteiger partial charge is 0.378 e. The van der Waals surface area contributed by atoms with E-state index in [1.807, 2.05) is 0 Å². The second-order valence-electron chi connectivity index (χ2n) is 5.34. The van der Waals surface area contributed by atoms with E-state index >= 15 is 0 Å². The number of anilines is 1.